The number of aliphatic hydroxyl groups is 1. The third-order valence-corrected chi connectivity index (χ3v) is 4.83. The molecule has 5 heteroatoms. The molecule has 0 amide bonds. The zero-order valence-electron chi connectivity index (χ0n) is 9.67. The molecule has 1 aliphatic heterocycles. The summed E-state index contributed by atoms with van der Waals surface area (Å²) in [5.41, 5.74) is 1.49. The lowest BCUT2D eigenvalue weighted by atomic mass is 10.1. The van der Waals surface area contributed by atoms with E-state index in [2.05, 4.69) is 0 Å². The lowest BCUT2D eigenvalue weighted by molar-refractivity contribution is 0.281. The van der Waals surface area contributed by atoms with Crippen LogP contribution in [0.2, 0.25) is 0 Å². The number of sulfonamides is 1. The third-order valence-electron chi connectivity index (χ3n) is 2.98. The second-order valence-corrected chi connectivity index (χ2v) is 6.31. The zero-order valence-corrected chi connectivity index (χ0v) is 10.5. The molecule has 0 aromatic heterocycles. The van der Waals surface area contributed by atoms with Crippen molar-refractivity contribution in [1.29, 1.82) is 0 Å². The molecule has 0 atom stereocenters. The van der Waals surface area contributed by atoms with Crippen LogP contribution in [-0.4, -0.2) is 30.9 Å². The van der Waals surface area contributed by atoms with Gasteiger partial charge < -0.3 is 5.11 Å². The van der Waals surface area contributed by atoms with E-state index in [9.17, 15) is 8.42 Å². The molecule has 0 bridgehead atoms. The fraction of sp³-hybridized carbons (Fsp3) is 0.500. The van der Waals surface area contributed by atoms with Gasteiger partial charge in [-0.3, -0.25) is 0 Å². The third kappa shape index (κ3) is 3.06. The van der Waals surface area contributed by atoms with Crippen molar-refractivity contribution >= 4 is 10.0 Å². The number of aliphatic hydroxyl groups excluding tert-OH is 1. The van der Waals surface area contributed by atoms with E-state index in [1.165, 1.54) is 0 Å². The first-order valence-corrected chi connectivity index (χ1v) is 7.39. The van der Waals surface area contributed by atoms with E-state index < -0.39 is 10.0 Å². The van der Waals surface area contributed by atoms with Crippen LogP contribution in [0, 0.1) is 0 Å². The molecule has 0 saturated carbocycles. The lowest BCUT2D eigenvalue weighted by Crippen LogP contribution is -2.29. The molecule has 1 aromatic carbocycles. The molecule has 17 heavy (non-hydrogen) atoms. The van der Waals surface area contributed by atoms with Crippen LogP contribution in [0.15, 0.2) is 24.3 Å². The van der Waals surface area contributed by atoms with E-state index in [1.807, 2.05) is 0 Å². The van der Waals surface area contributed by atoms with Gasteiger partial charge in [-0.25, -0.2) is 12.7 Å². The Morgan fingerprint density at radius 2 is 1.82 bits per heavy atom. The summed E-state index contributed by atoms with van der Waals surface area (Å²) in [4.78, 5) is 0. The van der Waals surface area contributed by atoms with Gasteiger partial charge in [-0.15, -0.1) is 0 Å². The van der Waals surface area contributed by atoms with Crippen LogP contribution in [0.25, 0.3) is 0 Å². The Morgan fingerprint density at radius 3 is 2.47 bits per heavy atom. The van der Waals surface area contributed by atoms with Crippen molar-refractivity contribution < 1.29 is 13.5 Å². The molecule has 1 fully saturated rings. The van der Waals surface area contributed by atoms with Crippen molar-refractivity contribution in [3.8, 4) is 0 Å². The highest BCUT2D eigenvalue weighted by Crippen LogP contribution is 2.17. The molecule has 1 N–H and O–H groups in total. The number of hydrogen-bond acceptors (Lipinski definition) is 3. The molecule has 1 aliphatic rings. The second-order valence-electron chi connectivity index (χ2n) is 4.34. The highest BCUT2D eigenvalue weighted by Gasteiger charge is 2.25. The van der Waals surface area contributed by atoms with Crippen molar-refractivity contribution in [3.63, 3.8) is 0 Å². The first-order valence-electron chi connectivity index (χ1n) is 5.78. The summed E-state index contributed by atoms with van der Waals surface area (Å²) in [5, 5.41) is 9.01. The second kappa shape index (κ2) is 5.16. The van der Waals surface area contributed by atoms with Crippen molar-refractivity contribution in [2.75, 3.05) is 13.1 Å². The average molecular weight is 255 g/mol. The summed E-state index contributed by atoms with van der Waals surface area (Å²) < 4.78 is 25.7. The van der Waals surface area contributed by atoms with Crippen molar-refractivity contribution in [3.05, 3.63) is 35.4 Å². The zero-order chi connectivity index (χ0) is 12.3. The minimum atomic E-state index is -3.19. The maximum atomic E-state index is 12.1. The van der Waals surface area contributed by atoms with Gasteiger partial charge >= 0.3 is 0 Å². The smallest absolute Gasteiger partial charge is 0.218 e. The van der Waals surface area contributed by atoms with Gasteiger partial charge in [0.25, 0.3) is 0 Å². The van der Waals surface area contributed by atoms with Gasteiger partial charge in [0.05, 0.1) is 12.4 Å². The summed E-state index contributed by atoms with van der Waals surface area (Å²) in [6.07, 6.45) is 1.91. The first kappa shape index (κ1) is 12.5. The van der Waals surface area contributed by atoms with Crippen LogP contribution in [-0.2, 0) is 22.4 Å². The van der Waals surface area contributed by atoms with Gasteiger partial charge in [0, 0.05) is 13.1 Å². The first-order chi connectivity index (χ1) is 8.12. The quantitative estimate of drug-likeness (QED) is 0.876. The Hall–Kier alpha value is -0.910. The fourth-order valence-electron chi connectivity index (χ4n) is 2.09. The molecule has 94 valence electrons. The standard InChI is InChI=1S/C12H17NO3S/c14-9-11-4-3-5-12(8-11)10-17(15,16)13-6-1-2-7-13/h3-5,8,14H,1-2,6-7,9-10H2. The molecular formula is C12H17NO3S. The van der Waals surface area contributed by atoms with Gasteiger partial charge in [-0.05, 0) is 24.0 Å². The Morgan fingerprint density at radius 1 is 1.18 bits per heavy atom. The topological polar surface area (TPSA) is 57.6 Å². The molecule has 2 rings (SSSR count). The highest BCUT2D eigenvalue weighted by atomic mass is 32.2. The molecule has 4 nitrogen and oxygen atoms in total. The van der Waals surface area contributed by atoms with Crippen LogP contribution in [0.1, 0.15) is 24.0 Å². The van der Waals surface area contributed by atoms with E-state index in [0.29, 0.717) is 13.1 Å². The molecule has 0 spiro atoms. The minimum absolute atomic E-state index is 0.0286. The van der Waals surface area contributed by atoms with Crippen molar-refractivity contribution in [2.24, 2.45) is 0 Å². The Balaban J connectivity index is 2.13. The normalized spacial score (nSPS) is 17.5. The van der Waals surface area contributed by atoms with Crippen LogP contribution >= 0.6 is 0 Å². The monoisotopic (exact) mass is 255 g/mol. The summed E-state index contributed by atoms with van der Waals surface area (Å²) >= 11 is 0. The van der Waals surface area contributed by atoms with Crippen LogP contribution in [0.4, 0.5) is 0 Å². The number of nitrogens with zero attached hydrogens (tertiary/aromatic N) is 1. The maximum Gasteiger partial charge on any atom is 0.218 e. The van der Waals surface area contributed by atoms with E-state index in [1.54, 1.807) is 28.6 Å². The lowest BCUT2D eigenvalue weighted by Gasteiger charge is -2.15. The molecule has 0 unspecified atom stereocenters. The Bertz CT molecular complexity index is 478. The van der Waals surface area contributed by atoms with Crippen LogP contribution in [0.3, 0.4) is 0 Å². The molecule has 1 saturated heterocycles. The van der Waals surface area contributed by atoms with E-state index in [0.717, 1.165) is 24.0 Å². The Labute approximate surface area is 102 Å². The summed E-state index contributed by atoms with van der Waals surface area (Å²) in [7, 11) is -3.19. The van der Waals surface area contributed by atoms with Crippen molar-refractivity contribution in [1.82, 2.24) is 4.31 Å². The fourth-order valence-corrected chi connectivity index (χ4v) is 3.68. The molecule has 1 aromatic rings. The summed E-state index contributed by atoms with van der Waals surface area (Å²) in [6, 6.07) is 7.09. The number of hydrogen-bond donors (Lipinski definition) is 1. The number of rotatable bonds is 4. The minimum Gasteiger partial charge on any atom is -0.392 e. The molecule has 0 radical (unpaired) electrons. The van der Waals surface area contributed by atoms with Crippen LogP contribution in [0.5, 0.6) is 0 Å². The SMILES string of the molecule is O=S(=O)(Cc1cccc(CO)c1)N1CCCC1. The van der Waals surface area contributed by atoms with E-state index >= 15 is 0 Å². The van der Waals surface area contributed by atoms with Gasteiger partial charge in [0.15, 0.2) is 0 Å². The largest absolute Gasteiger partial charge is 0.392 e. The predicted octanol–water partition coefficient (Wildman–Crippen LogP) is 1.10. The predicted molar refractivity (Wildman–Crippen MR) is 65.8 cm³/mol. The van der Waals surface area contributed by atoms with Gasteiger partial charge in [-0.2, -0.15) is 0 Å². The van der Waals surface area contributed by atoms with Crippen LogP contribution < -0.4 is 0 Å². The van der Waals surface area contributed by atoms with E-state index in [-0.39, 0.29) is 12.4 Å². The number of benzene rings is 1. The average Bonchev–Trinajstić information content (AvgIpc) is 2.83. The van der Waals surface area contributed by atoms with E-state index in [4.69, 9.17) is 5.11 Å². The van der Waals surface area contributed by atoms with Gasteiger partial charge in [0.2, 0.25) is 10.0 Å². The molecular weight excluding hydrogens is 238 g/mol. The maximum absolute atomic E-state index is 12.1. The van der Waals surface area contributed by atoms with Gasteiger partial charge in [-0.1, -0.05) is 24.3 Å². The highest BCUT2D eigenvalue weighted by molar-refractivity contribution is 7.88. The van der Waals surface area contributed by atoms with Gasteiger partial charge in [0.1, 0.15) is 0 Å². The summed E-state index contributed by atoms with van der Waals surface area (Å²) in [6.45, 7) is 1.22. The molecule has 1 heterocycles. The molecule has 0 aliphatic carbocycles. The Kier molecular flexibility index (Phi) is 3.81. The summed E-state index contributed by atoms with van der Waals surface area (Å²) in [5.74, 6) is 0.0286. The van der Waals surface area contributed by atoms with Crippen molar-refractivity contribution in [2.45, 2.75) is 25.2 Å².